The van der Waals surface area contributed by atoms with Crippen molar-refractivity contribution in [2.45, 2.75) is 50.3 Å². The standard InChI is InChI=1S/C23H27N3O3S/c1-3-6-18-9-11-20(12-10-18)30(27,28)26-15-13-19(14-16-26)22-24-23(29-25-22)21-8-5-4-7-17(21)2/h4-5,7-12,19H,3,6,13-16H2,1-2H3. The van der Waals surface area contributed by atoms with Crippen LogP contribution in [-0.2, 0) is 16.4 Å². The molecule has 1 fully saturated rings. The lowest BCUT2D eigenvalue weighted by molar-refractivity contribution is 0.307. The third-order valence-electron chi connectivity index (χ3n) is 5.74. The van der Waals surface area contributed by atoms with E-state index in [1.54, 1.807) is 16.4 Å². The number of benzene rings is 2. The molecule has 0 radical (unpaired) electrons. The van der Waals surface area contributed by atoms with Crippen LogP contribution >= 0.6 is 0 Å². The Hall–Kier alpha value is -2.51. The van der Waals surface area contributed by atoms with Crippen LogP contribution in [0.5, 0.6) is 0 Å². The van der Waals surface area contributed by atoms with Crippen LogP contribution in [0.4, 0.5) is 0 Å². The van der Waals surface area contributed by atoms with E-state index in [2.05, 4.69) is 17.1 Å². The van der Waals surface area contributed by atoms with Crippen molar-refractivity contribution in [3.8, 4) is 11.5 Å². The van der Waals surface area contributed by atoms with Crippen molar-refractivity contribution < 1.29 is 12.9 Å². The van der Waals surface area contributed by atoms with Crippen LogP contribution in [0.2, 0.25) is 0 Å². The van der Waals surface area contributed by atoms with Gasteiger partial charge < -0.3 is 4.52 Å². The molecule has 0 aliphatic carbocycles. The predicted molar refractivity (Wildman–Crippen MR) is 116 cm³/mol. The van der Waals surface area contributed by atoms with Crippen LogP contribution in [0, 0.1) is 6.92 Å². The van der Waals surface area contributed by atoms with E-state index in [1.165, 1.54) is 0 Å². The molecule has 1 aliphatic heterocycles. The molecule has 0 amide bonds. The Morgan fingerprint density at radius 3 is 2.43 bits per heavy atom. The molecular weight excluding hydrogens is 398 g/mol. The van der Waals surface area contributed by atoms with E-state index in [0.29, 0.717) is 42.5 Å². The van der Waals surface area contributed by atoms with E-state index in [4.69, 9.17) is 4.52 Å². The van der Waals surface area contributed by atoms with Crippen molar-refractivity contribution in [2.75, 3.05) is 13.1 Å². The summed E-state index contributed by atoms with van der Waals surface area (Å²) in [5, 5.41) is 4.18. The van der Waals surface area contributed by atoms with Gasteiger partial charge in [0, 0.05) is 24.6 Å². The van der Waals surface area contributed by atoms with Gasteiger partial charge in [0.05, 0.1) is 4.90 Å². The van der Waals surface area contributed by atoms with Crippen LogP contribution in [0.15, 0.2) is 57.9 Å². The second-order valence-electron chi connectivity index (χ2n) is 7.84. The van der Waals surface area contributed by atoms with Crippen LogP contribution in [0.1, 0.15) is 49.1 Å². The first kappa shape index (κ1) is 20.8. The number of hydrogen-bond acceptors (Lipinski definition) is 5. The smallest absolute Gasteiger partial charge is 0.258 e. The van der Waals surface area contributed by atoms with Gasteiger partial charge in [-0.05, 0) is 55.5 Å². The highest BCUT2D eigenvalue weighted by Crippen LogP contribution is 2.31. The topological polar surface area (TPSA) is 76.3 Å². The summed E-state index contributed by atoms with van der Waals surface area (Å²) in [6, 6.07) is 15.2. The van der Waals surface area contributed by atoms with E-state index in [9.17, 15) is 8.42 Å². The summed E-state index contributed by atoms with van der Waals surface area (Å²) in [5.74, 6) is 1.28. The number of nitrogens with zero attached hydrogens (tertiary/aromatic N) is 3. The molecule has 4 rings (SSSR count). The maximum atomic E-state index is 13.0. The third-order valence-corrected chi connectivity index (χ3v) is 7.65. The molecule has 30 heavy (non-hydrogen) atoms. The van der Waals surface area contributed by atoms with Crippen molar-refractivity contribution in [1.29, 1.82) is 0 Å². The Morgan fingerprint density at radius 1 is 1.07 bits per heavy atom. The number of aromatic nitrogens is 2. The molecule has 1 aromatic heterocycles. The number of rotatable bonds is 6. The summed E-state index contributed by atoms with van der Waals surface area (Å²) in [6.07, 6.45) is 3.36. The molecule has 2 heterocycles. The van der Waals surface area contributed by atoms with Crippen LogP contribution in [0.3, 0.4) is 0 Å². The summed E-state index contributed by atoms with van der Waals surface area (Å²) < 4.78 is 33.1. The molecule has 7 heteroatoms. The minimum absolute atomic E-state index is 0.102. The van der Waals surface area contributed by atoms with E-state index in [0.717, 1.165) is 29.5 Å². The zero-order valence-corrected chi connectivity index (χ0v) is 18.2. The minimum atomic E-state index is -3.47. The van der Waals surface area contributed by atoms with Crippen LogP contribution in [-0.4, -0.2) is 36.0 Å². The van der Waals surface area contributed by atoms with Gasteiger partial charge >= 0.3 is 0 Å². The van der Waals surface area contributed by atoms with Crippen molar-refractivity contribution in [3.63, 3.8) is 0 Å². The Balaban J connectivity index is 1.43. The average molecular weight is 426 g/mol. The number of piperidine rings is 1. The van der Waals surface area contributed by atoms with E-state index >= 15 is 0 Å². The molecule has 0 saturated carbocycles. The number of aryl methyl sites for hydroxylation is 2. The maximum absolute atomic E-state index is 13.0. The van der Waals surface area contributed by atoms with E-state index in [1.807, 2.05) is 43.3 Å². The monoisotopic (exact) mass is 425 g/mol. The van der Waals surface area contributed by atoms with Gasteiger partial charge in [0.25, 0.3) is 5.89 Å². The fraction of sp³-hybridized carbons (Fsp3) is 0.391. The van der Waals surface area contributed by atoms with Crippen molar-refractivity contribution >= 4 is 10.0 Å². The van der Waals surface area contributed by atoms with Gasteiger partial charge in [-0.15, -0.1) is 0 Å². The molecule has 0 unspecified atom stereocenters. The van der Waals surface area contributed by atoms with Gasteiger partial charge in [0.15, 0.2) is 5.82 Å². The predicted octanol–water partition coefficient (Wildman–Crippen LogP) is 4.57. The van der Waals surface area contributed by atoms with Gasteiger partial charge in [-0.1, -0.05) is 48.8 Å². The Labute approximate surface area is 178 Å². The van der Waals surface area contributed by atoms with E-state index in [-0.39, 0.29) is 5.92 Å². The highest BCUT2D eigenvalue weighted by atomic mass is 32.2. The lowest BCUT2D eigenvalue weighted by Crippen LogP contribution is -2.38. The molecule has 0 N–H and O–H groups in total. The van der Waals surface area contributed by atoms with Gasteiger partial charge in [0.1, 0.15) is 0 Å². The molecule has 1 aliphatic rings. The highest BCUT2D eigenvalue weighted by Gasteiger charge is 2.32. The zero-order valence-electron chi connectivity index (χ0n) is 17.4. The Kier molecular flexibility index (Phi) is 6.01. The van der Waals surface area contributed by atoms with Crippen molar-refractivity contribution in [2.24, 2.45) is 0 Å². The lowest BCUT2D eigenvalue weighted by atomic mass is 9.97. The SMILES string of the molecule is CCCc1ccc(S(=O)(=O)N2CCC(c3noc(-c4ccccc4C)n3)CC2)cc1. The molecule has 2 aromatic carbocycles. The third kappa shape index (κ3) is 4.18. The average Bonchev–Trinajstić information content (AvgIpc) is 3.25. The summed E-state index contributed by atoms with van der Waals surface area (Å²) in [4.78, 5) is 4.95. The lowest BCUT2D eigenvalue weighted by Gasteiger charge is -2.29. The summed E-state index contributed by atoms with van der Waals surface area (Å²) in [6.45, 7) is 5.04. The van der Waals surface area contributed by atoms with E-state index < -0.39 is 10.0 Å². The quantitative estimate of drug-likeness (QED) is 0.578. The first-order valence-corrected chi connectivity index (χ1v) is 11.9. The molecule has 3 aromatic rings. The van der Waals surface area contributed by atoms with Gasteiger partial charge in [0.2, 0.25) is 10.0 Å². The van der Waals surface area contributed by atoms with Gasteiger partial charge in [-0.2, -0.15) is 9.29 Å². The normalized spacial score (nSPS) is 16.1. The summed E-state index contributed by atoms with van der Waals surface area (Å²) >= 11 is 0. The molecular formula is C23H27N3O3S. The van der Waals surface area contributed by atoms with Gasteiger partial charge in [-0.3, -0.25) is 0 Å². The molecule has 0 bridgehead atoms. The molecule has 0 spiro atoms. The minimum Gasteiger partial charge on any atom is -0.334 e. The van der Waals surface area contributed by atoms with Crippen LogP contribution < -0.4 is 0 Å². The first-order valence-electron chi connectivity index (χ1n) is 10.5. The summed E-state index contributed by atoms with van der Waals surface area (Å²) in [7, 11) is -3.47. The van der Waals surface area contributed by atoms with Crippen LogP contribution in [0.25, 0.3) is 11.5 Å². The molecule has 0 atom stereocenters. The number of hydrogen-bond donors (Lipinski definition) is 0. The number of sulfonamides is 1. The highest BCUT2D eigenvalue weighted by molar-refractivity contribution is 7.89. The molecule has 158 valence electrons. The van der Waals surface area contributed by atoms with Crippen molar-refractivity contribution in [1.82, 2.24) is 14.4 Å². The molecule has 1 saturated heterocycles. The molecule has 6 nitrogen and oxygen atoms in total. The second-order valence-corrected chi connectivity index (χ2v) is 9.78. The Morgan fingerprint density at radius 2 is 1.77 bits per heavy atom. The fourth-order valence-corrected chi connectivity index (χ4v) is 5.41. The second kappa shape index (κ2) is 8.70. The Bertz CT molecular complexity index is 1100. The van der Waals surface area contributed by atoms with Crippen molar-refractivity contribution in [3.05, 3.63) is 65.5 Å². The first-order chi connectivity index (χ1) is 14.5. The van der Waals surface area contributed by atoms with Gasteiger partial charge in [-0.25, -0.2) is 8.42 Å². The summed E-state index contributed by atoms with van der Waals surface area (Å²) in [5.41, 5.74) is 3.18. The largest absolute Gasteiger partial charge is 0.334 e. The maximum Gasteiger partial charge on any atom is 0.258 e. The zero-order chi connectivity index (χ0) is 21.1. The fourth-order valence-electron chi connectivity index (χ4n) is 3.94.